The van der Waals surface area contributed by atoms with Gasteiger partial charge in [-0.25, -0.2) is 18.1 Å². The molecular formula is C10H11ClF4N4O3S. The van der Waals surface area contributed by atoms with Crippen molar-refractivity contribution in [2.24, 2.45) is 12.2 Å². The third kappa shape index (κ3) is 3.01. The first-order valence-corrected chi connectivity index (χ1v) is 7.91. The fourth-order valence-electron chi connectivity index (χ4n) is 1.77. The predicted octanol–water partition coefficient (Wildman–Crippen LogP) is 2.08. The maximum atomic E-state index is 14.7. The molecule has 0 saturated heterocycles. The Balaban J connectivity index is 2.48. The van der Waals surface area contributed by atoms with Gasteiger partial charge in [0.15, 0.2) is 10.9 Å². The van der Waals surface area contributed by atoms with Gasteiger partial charge in [0.1, 0.15) is 5.60 Å². The van der Waals surface area contributed by atoms with E-state index >= 15 is 0 Å². The van der Waals surface area contributed by atoms with Crippen molar-refractivity contribution in [1.82, 2.24) is 14.8 Å². The summed E-state index contributed by atoms with van der Waals surface area (Å²) in [7, 11) is -4.09. The van der Waals surface area contributed by atoms with Gasteiger partial charge in [0.05, 0.1) is 0 Å². The van der Waals surface area contributed by atoms with Crippen LogP contribution < -0.4 is 0 Å². The van der Waals surface area contributed by atoms with E-state index < -0.39 is 42.8 Å². The van der Waals surface area contributed by atoms with Crippen molar-refractivity contribution in [1.29, 1.82) is 0 Å². The van der Waals surface area contributed by atoms with Gasteiger partial charge in [-0.3, -0.25) is 0 Å². The number of hydrogen-bond acceptors (Lipinski definition) is 6. The Labute approximate surface area is 133 Å². The normalized spacial score (nSPS) is 20.8. The second-order valence-electron chi connectivity index (χ2n) is 5.41. The van der Waals surface area contributed by atoms with E-state index in [-0.39, 0.29) is 6.42 Å². The molecule has 1 aliphatic rings. The smallest absolute Gasteiger partial charge is 0.389 e. The van der Waals surface area contributed by atoms with Crippen LogP contribution in [0.2, 0.25) is 0 Å². The lowest BCUT2D eigenvalue weighted by molar-refractivity contribution is -0.145. The highest BCUT2D eigenvalue weighted by Crippen LogP contribution is 2.41. The highest BCUT2D eigenvalue weighted by atomic mass is 35.5. The largest absolute Gasteiger partial charge is 0.453 e. The number of alkyl halides is 5. The minimum atomic E-state index is -4.98. The molecule has 0 aliphatic carbocycles. The monoisotopic (exact) mass is 378 g/mol. The zero-order chi connectivity index (χ0) is 17.8. The van der Waals surface area contributed by atoms with E-state index in [4.69, 9.17) is 16.4 Å². The second kappa shape index (κ2) is 5.03. The number of nitrogens with zero attached hydrogens (tertiary/aromatic N) is 4. The molecule has 2 heterocycles. The van der Waals surface area contributed by atoms with Crippen LogP contribution in [0.15, 0.2) is 5.16 Å². The molecule has 13 heteroatoms. The molecule has 1 aliphatic heterocycles. The van der Waals surface area contributed by atoms with E-state index in [1.54, 1.807) is 0 Å². The Morgan fingerprint density at radius 2 is 1.87 bits per heavy atom. The van der Waals surface area contributed by atoms with Crippen molar-refractivity contribution in [3.63, 3.8) is 0 Å². The summed E-state index contributed by atoms with van der Waals surface area (Å²) in [5.74, 6) is -2.93. The molecule has 0 bridgehead atoms. The van der Waals surface area contributed by atoms with Crippen molar-refractivity contribution in [3.05, 3.63) is 11.6 Å². The van der Waals surface area contributed by atoms with E-state index in [2.05, 4.69) is 15.2 Å². The minimum absolute atomic E-state index is 0.294. The lowest BCUT2D eigenvalue weighted by Gasteiger charge is -2.17. The van der Waals surface area contributed by atoms with Crippen LogP contribution in [-0.2, 0) is 32.4 Å². The number of sulfone groups is 1. The van der Waals surface area contributed by atoms with Crippen molar-refractivity contribution in [3.8, 4) is 0 Å². The first-order chi connectivity index (χ1) is 10.2. The van der Waals surface area contributed by atoms with E-state index in [1.165, 1.54) is 13.8 Å². The zero-order valence-electron chi connectivity index (χ0n) is 12.0. The summed E-state index contributed by atoms with van der Waals surface area (Å²) in [6, 6.07) is 0. The Hall–Kier alpha value is -1.43. The van der Waals surface area contributed by atoms with Gasteiger partial charge in [0.25, 0.3) is 15.7 Å². The summed E-state index contributed by atoms with van der Waals surface area (Å²) in [6.07, 6.45) is -5.28. The van der Waals surface area contributed by atoms with E-state index in [0.29, 0.717) is 4.68 Å². The predicted molar refractivity (Wildman–Crippen MR) is 70.8 cm³/mol. The lowest BCUT2D eigenvalue weighted by atomic mass is 10.1. The van der Waals surface area contributed by atoms with Crippen LogP contribution in [0.1, 0.15) is 31.9 Å². The van der Waals surface area contributed by atoms with Crippen LogP contribution in [0, 0.1) is 0 Å². The number of rotatable bonds is 2. The van der Waals surface area contributed by atoms with Gasteiger partial charge in [0.2, 0.25) is 0 Å². The molecule has 1 atom stereocenters. The number of oxime groups is 1. The quantitative estimate of drug-likeness (QED) is 0.581. The molecule has 0 spiro atoms. The summed E-state index contributed by atoms with van der Waals surface area (Å²) in [5.41, 5.74) is -1.01. The van der Waals surface area contributed by atoms with Gasteiger partial charge in [-0.15, -0.1) is 5.10 Å². The molecule has 0 saturated carbocycles. The van der Waals surface area contributed by atoms with Gasteiger partial charge in [-0.1, -0.05) is 16.8 Å². The van der Waals surface area contributed by atoms with Gasteiger partial charge in [-0.2, -0.15) is 17.6 Å². The summed E-state index contributed by atoms with van der Waals surface area (Å²) in [4.78, 5) is 7.69. The van der Waals surface area contributed by atoms with Crippen LogP contribution in [0.25, 0.3) is 0 Å². The molecular weight excluding hydrogens is 368 g/mol. The topological polar surface area (TPSA) is 86.4 Å². The second-order valence-corrected chi connectivity index (χ2v) is 8.20. The summed E-state index contributed by atoms with van der Waals surface area (Å²) in [5, 5.41) is 5.47. The van der Waals surface area contributed by atoms with Crippen LogP contribution in [0.3, 0.4) is 0 Å². The number of aromatic nitrogens is 3. The van der Waals surface area contributed by atoms with Crippen molar-refractivity contribution < 1.29 is 30.8 Å². The van der Waals surface area contributed by atoms with E-state index in [1.807, 2.05) is 0 Å². The molecule has 1 aromatic heterocycles. The first kappa shape index (κ1) is 17.9. The van der Waals surface area contributed by atoms with Crippen LogP contribution in [-0.4, -0.2) is 33.8 Å². The Morgan fingerprint density at radius 1 is 1.30 bits per heavy atom. The zero-order valence-corrected chi connectivity index (χ0v) is 13.6. The Kier molecular flexibility index (Phi) is 3.92. The summed E-state index contributed by atoms with van der Waals surface area (Å²) >= 11 is 5.41. The van der Waals surface area contributed by atoms with Crippen LogP contribution >= 0.6 is 11.6 Å². The first-order valence-electron chi connectivity index (χ1n) is 6.05. The van der Waals surface area contributed by atoms with Crippen LogP contribution in [0.5, 0.6) is 0 Å². The lowest BCUT2D eigenvalue weighted by Crippen LogP contribution is -2.35. The minimum Gasteiger partial charge on any atom is -0.389 e. The third-order valence-electron chi connectivity index (χ3n) is 2.90. The fourth-order valence-corrected chi connectivity index (χ4v) is 3.59. The molecule has 0 N–H and O–H groups in total. The summed E-state index contributed by atoms with van der Waals surface area (Å²) in [6.45, 7) is 2.99. The molecule has 23 heavy (non-hydrogen) atoms. The Bertz CT molecular complexity index is 770. The molecule has 130 valence electrons. The van der Waals surface area contributed by atoms with Gasteiger partial charge in [0, 0.05) is 13.5 Å². The standard InChI is InChI=1S/C10H11ClF4N4O3S/c1-8(2)4-5(18-22-8)23(20,21)9(11,12)7-16-6(10(13,14)15)17-19(7)3/h4H2,1-3H3. The molecule has 7 nitrogen and oxygen atoms in total. The van der Waals surface area contributed by atoms with Crippen LogP contribution in [0.4, 0.5) is 17.6 Å². The van der Waals surface area contributed by atoms with Crippen molar-refractivity contribution in [2.45, 2.75) is 36.5 Å². The molecule has 0 amide bonds. The van der Waals surface area contributed by atoms with Gasteiger partial charge in [-0.05, 0) is 13.8 Å². The maximum Gasteiger partial charge on any atom is 0.453 e. The van der Waals surface area contributed by atoms with Gasteiger partial charge >= 0.3 is 10.6 Å². The third-order valence-corrected chi connectivity index (χ3v) is 5.37. The van der Waals surface area contributed by atoms with E-state index in [0.717, 1.165) is 7.05 Å². The van der Waals surface area contributed by atoms with E-state index in [9.17, 15) is 26.0 Å². The number of hydrogen-bond donors (Lipinski definition) is 0. The molecule has 0 fully saturated rings. The highest BCUT2D eigenvalue weighted by Gasteiger charge is 2.55. The van der Waals surface area contributed by atoms with Crippen molar-refractivity contribution >= 4 is 26.5 Å². The van der Waals surface area contributed by atoms with Gasteiger partial charge < -0.3 is 4.84 Å². The number of halogens is 5. The molecule has 2 rings (SSSR count). The molecule has 1 aromatic rings. The summed E-state index contributed by atoms with van der Waals surface area (Å²) < 4.78 is 73.5. The average molecular weight is 379 g/mol. The maximum absolute atomic E-state index is 14.7. The van der Waals surface area contributed by atoms with Crippen molar-refractivity contribution in [2.75, 3.05) is 0 Å². The SMILES string of the molecule is Cn1nc(C(F)(F)F)nc1C(F)(Cl)S(=O)(=O)C1=NOC(C)(C)C1. The average Bonchev–Trinajstić information content (AvgIpc) is 2.91. The molecule has 0 aromatic carbocycles. The molecule has 0 radical (unpaired) electrons. The molecule has 1 unspecified atom stereocenters. The number of aryl methyl sites for hydroxylation is 1. The Morgan fingerprint density at radius 3 is 2.26 bits per heavy atom. The fraction of sp³-hybridized carbons (Fsp3) is 0.700. The highest BCUT2D eigenvalue weighted by molar-refractivity contribution is 8.08.